The number of allylic oxidation sites excluding steroid dienone is 2. The Bertz CT molecular complexity index is 614. The third-order valence-electron chi connectivity index (χ3n) is 3.81. The van der Waals surface area contributed by atoms with E-state index in [1.807, 2.05) is 29.2 Å². The first-order valence-corrected chi connectivity index (χ1v) is 8.07. The summed E-state index contributed by atoms with van der Waals surface area (Å²) >= 11 is 0. The van der Waals surface area contributed by atoms with Crippen molar-refractivity contribution in [3.63, 3.8) is 0 Å². The quantitative estimate of drug-likeness (QED) is 0.845. The van der Waals surface area contributed by atoms with Gasteiger partial charge in [0.15, 0.2) is 0 Å². The van der Waals surface area contributed by atoms with Gasteiger partial charge in [-0.25, -0.2) is 0 Å². The van der Waals surface area contributed by atoms with E-state index in [1.54, 1.807) is 6.20 Å². The van der Waals surface area contributed by atoms with Crippen LogP contribution in [0.2, 0.25) is 0 Å². The summed E-state index contributed by atoms with van der Waals surface area (Å²) in [5.74, 6) is -0.0302. The Hall–Kier alpha value is -2.49. The van der Waals surface area contributed by atoms with Gasteiger partial charge >= 0.3 is 0 Å². The molecule has 122 valence electrons. The predicted octanol–water partition coefficient (Wildman–Crippen LogP) is 3.54. The lowest BCUT2D eigenvalue weighted by molar-refractivity contribution is -0.115. The van der Waals surface area contributed by atoms with E-state index in [0.717, 1.165) is 24.2 Å². The molecular formula is C19H25N3O. The number of carbonyl (C=O) groups excluding carboxylic acids is 1. The minimum absolute atomic E-state index is 0.0302. The molecule has 23 heavy (non-hydrogen) atoms. The second-order valence-electron chi connectivity index (χ2n) is 5.70. The van der Waals surface area contributed by atoms with Crippen LogP contribution in [0.15, 0.2) is 60.6 Å². The molecule has 0 spiro atoms. The highest BCUT2D eigenvalue weighted by Gasteiger charge is 2.17. The van der Waals surface area contributed by atoms with Crippen LogP contribution in [-0.4, -0.2) is 16.8 Å². The SMILES string of the molecule is CCCc1ccc(NC(=O)CC2=CC=CC(C)N2/C=C\N)cc1. The van der Waals surface area contributed by atoms with Crippen molar-refractivity contribution in [2.75, 3.05) is 5.32 Å². The first kappa shape index (κ1) is 16.9. The Labute approximate surface area is 138 Å². The molecule has 0 fully saturated rings. The second kappa shape index (κ2) is 8.22. The van der Waals surface area contributed by atoms with E-state index < -0.39 is 0 Å². The lowest BCUT2D eigenvalue weighted by Gasteiger charge is -2.30. The van der Waals surface area contributed by atoms with E-state index >= 15 is 0 Å². The van der Waals surface area contributed by atoms with E-state index in [4.69, 9.17) is 5.73 Å². The molecule has 1 aliphatic rings. The Morgan fingerprint density at radius 3 is 2.74 bits per heavy atom. The smallest absolute Gasteiger partial charge is 0.230 e. The zero-order chi connectivity index (χ0) is 16.7. The van der Waals surface area contributed by atoms with Gasteiger partial charge in [0.05, 0.1) is 6.42 Å². The third kappa shape index (κ3) is 4.74. The molecule has 2 rings (SSSR count). The number of benzene rings is 1. The lowest BCUT2D eigenvalue weighted by Crippen LogP contribution is -2.30. The van der Waals surface area contributed by atoms with Crippen molar-refractivity contribution in [3.8, 4) is 0 Å². The highest BCUT2D eigenvalue weighted by atomic mass is 16.1. The molecule has 0 aliphatic carbocycles. The van der Waals surface area contributed by atoms with Crippen LogP contribution in [0.4, 0.5) is 5.69 Å². The summed E-state index contributed by atoms with van der Waals surface area (Å²) in [4.78, 5) is 14.3. The number of aryl methyl sites for hydroxylation is 1. The topological polar surface area (TPSA) is 58.4 Å². The van der Waals surface area contributed by atoms with Gasteiger partial charge in [-0.05, 0) is 37.1 Å². The van der Waals surface area contributed by atoms with E-state index in [-0.39, 0.29) is 11.9 Å². The van der Waals surface area contributed by atoms with E-state index in [9.17, 15) is 4.79 Å². The van der Waals surface area contributed by atoms with Gasteiger partial charge in [-0.2, -0.15) is 0 Å². The minimum Gasteiger partial charge on any atom is -0.403 e. The second-order valence-corrected chi connectivity index (χ2v) is 5.70. The zero-order valence-electron chi connectivity index (χ0n) is 13.8. The molecule has 0 saturated carbocycles. The van der Waals surface area contributed by atoms with Gasteiger partial charge < -0.3 is 16.0 Å². The first-order valence-electron chi connectivity index (χ1n) is 8.07. The third-order valence-corrected chi connectivity index (χ3v) is 3.81. The van der Waals surface area contributed by atoms with Gasteiger partial charge in [0.1, 0.15) is 0 Å². The van der Waals surface area contributed by atoms with Gasteiger partial charge in [-0.1, -0.05) is 37.6 Å². The molecular weight excluding hydrogens is 286 g/mol. The molecule has 0 saturated heterocycles. The maximum Gasteiger partial charge on any atom is 0.230 e. The van der Waals surface area contributed by atoms with Crippen LogP contribution in [0.25, 0.3) is 0 Å². The van der Waals surface area contributed by atoms with E-state index in [1.165, 1.54) is 11.8 Å². The fourth-order valence-electron chi connectivity index (χ4n) is 2.66. The molecule has 1 aromatic rings. The number of hydrogen-bond donors (Lipinski definition) is 2. The number of nitrogens with one attached hydrogen (secondary N) is 1. The molecule has 1 unspecified atom stereocenters. The Balaban J connectivity index is 1.98. The Morgan fingerprint density at radius 2 is 2.09 bits per heavy atom. The Morgan fingerprint density at radius 1 is 1.35 bits per heavy atom. The van der Waals surface area contributed by atoms with Crippen LogP contribution in [0.1, 0.15) is 32.3 Å². The molecule has 0 radical (unpaired) electrons. The van der Waals surface area contributed by atoms with Crippen LogP contribution in [0.3, 0.4) is 0 Å². The number of rotatable bonds is 6. The summed E-state index contributed by atoms with van der Waals surface area (Å²) in [5.41, 5.74) is 8.55. The summed E-state index contributed by atoms with van der Waals surface area (Å²) in [7, 11) is 0. The van der Waals surface area contributed by atoms with Gasteiger partial charge in [0.25, 0.3) is 0 Å². The molecule has 1 heterocycles. The van der Waals surface area contributed by atoms with E-state index in [2.05, 4.69) is 37.4 Å². The van der Waals surface area contributed by atoms with E-state index in [0.29, 0.717) is 6.42 Å². The van der Waals surface area contributed by atoms with Crippen LogP contribution in [0.5, 0.6) is 0 Å². The highest BCUT2D eigenvalue weighted by molar-refractivity contribution is 5.92. The van der Waals surface area contributed by atoms with Crippen molar-refractivity contribution in [2.24, 2.45) is 5.73 Å². The standard InChI is InChI=1S/C19H25N3O/c1-3-5-16-8-10-17(11-9-16)21-19(23)14-18-7-4-6-15(2)22(18)13-12-20/h4,6-13,15H,3,5,14,20H2,1-2H3,(H,21,23)/b13-12-. The number of amides is 1. The van der Waals surface area contributed by atoms with Crippen LogP contribution in [0, 0.1) is 0 Å². The molecule has 3 N–H and O–H groups in total. The van der Waals surface area contributed by atoms with Crippen LogP contribution in [-0.2, 0) is 11.2 Å². The van der Waals surface area contributed by atoms with Crippen molar-refractivity contribution in [1.29, 1.82) is 0 Å². The fourth-order valence-corrected chi connectivity index (χ4v) is 2.66. The summed E-state index contributed by atoms with van der Waals surface area (Å²) in [6.45, 7) is 4.22. The average molecular weight is 311 g/mol. The minimum atomic E-state index is -0.0302. The average Bonchev–Trinajstić information content (AvgIpc) is 2.53. The van der Waals surface area contributed by atoms with Gasteiger partial charge in [-0.3, -0.25) is 4.79 Å². The highest BCUT2D eigenvalue weighted by Crippen LogP contribution is 2.20. The summed E-state index contributed by atoms with van der Waals surface area (Å²) < 4.78 is 0. The van der Waals surface area contributed by atoms with Gasteiger partial charge in [0.2, 0.25) is 5.91 Å². The summed E-state index contributed by atoms with van der Waals surface area (Å²) in [6.07, 6.45) is 11.8. The Kier molecular flexibility index (Phi) is 6.03. The van der Waals surface area contributed by atoms with Crippen LogP contribution >= 0.6 is 0 Å². The number of nitrogens with two attached hydrogens (primary N) is 1. The monoisotopic (exact) mass is 311 g/mol. The van der Waals surface area contributed by atoms with Crippen molar-refractivity contribution < 1.29 is 4.79 Å². The number of anilines is 1. The molecule has 1 amide bonds. The van der Waals surface area contributed by atoms with Crippen molar-refractivity contribution >= 4 is 11.6 Å². The van der Waals surface area contributed by atoms with Gasteiger partial charge in [-0.15, -0.1) is 0 Å². The molecule has 1 aliphatic heterocycles. The number of carbonyl (C=O) groups is 1. The predicted molar refractivity (Wildman–Crippen MR) is 95.5 cm³/mol. The number of hydrogen-bond acceptors (Lipinski definition) is 3. The van der Waals surface area contributed by atoms with Crippen molar-refractivity contribution in [3.05, 3.63) is 66.2 Å². The fraction of sp³-hybridized carbons (Fsp3) is 0.316. The summed E-state index contributed by atoms with van der Waals surface area (Å²) in [5, 5.41) is 2.95. The molecule has 1 aromatic carbocycles. The molecule has 0 aromatic heterocycles. The summed E-state index contributed by atoms with van der Waals surface area (Å²) in [6, 6.07) is 8.23. The van der Waals surface area contributed by atoms with Crippen molar-refractivity contribution in [2.45, 2.75) is 39.2 Å². The van der Waals surface area contributed by atoms with Crippen molar-refractivity contribution in [1.82, 2.24) is 4.90 Å². The molecule has 4 heteroatoms. The number of nitrogens with zero attached hydrogens (tertiary/aromatic N) is 1. The maximum absolute atomic E-state index is 12.3. The van der Waals surface area contributed by atoms with Gasteiger partial charge in [0, 0.05) is 29.8 Å². The zero-order valence-corrected chi connectivity index (χ0v) is 13.8. The first-order chi connectivity index (χ1) is 11.1. The largest absolute Gasteiger partial charge is 0.403 e. The normalized spacial score (nSPS) is 17.4. The maximum atomic E-state index is 12.3. The molecule has 0 bridgehead atoms. The lowest BCUT2D eigenvalue weighted by atomic mass is 10.1. The molecule has 1 atom stereocenters. The molecule has 4 nitrogen and oxygen atoms in total. The van der Waals surface area contributed by atoms with Crippen LogP contribution < -0.4 is 11.1 Å².